The van der Waals surface area contributed by atoms with Crippen LogP contribution in [-0.2, 0) is 4.79 Å². The van der Waals surface area contributed by atoms with Gasteiger partial charge in [-0.3, -0.25) is 14.4 Å². The maximum atomic E-state index is 13.2. The van der Waals surface area contributed by atoms with Crippen molar-refractivity contribution in [1.29, 1.82) is 0 Å². The minimum atomic E-state index is -0.509. The number of unbranched alkanes of at least 4 members (excludes halogenated alkanes) is 1. The molecule has 0 aliphatic carbocycles. The molecule has 3 rings (SSSR count). The van der Waals surface area contributed by atoms with E-state index in [1.807, 2.05) is 0 Å². The van der Waals surface area contributed by atoms with Crippen molar-refractivity contribution in [3.05, 3.63) is 64.4 Å². The summed E-state index contributed by atoms with van der Waals surface area (Å²) in [6.45, 7) is 3.91. The van der Waals surface area contributed by atoms with Crippen LogP contribution in [0.1, 0.15) is 40.5 Å². The highest BCUT2D eigenvalue weighted by Crippen LogP contribution is 2.20. The average Bonchev–Trinajstić information content (AvgIpc) is 2.82. The molecule has 0 unspecified atom stereocenters. The second-order valence-corrected chi connectivity index (χ2v) is 8.11. The van der Waals surface area contributed by atoms with Crippen LogP contribution >= 0.6 is 11.6 Å². The normalized spacial score (nSPS) is 13.5. The standard InChI is InChI=1S/C24H27ClFN3O4/c1-2-3-14-33-19-7-4-17(5-8-19)23(31)27-16-22(30)28-10-12-29(13-11-28)24(32)20-9-6-18(26)15-21(20)25/h4-9,15H,2-3,10-14,16H2,1H3,(H,27,31). The van der Waals surface area contributed by atoms with E-state index in [1.54, 1.807) is 34.1 Å². The molecule has 7 nitrogen and oxygen atoms in total. The van der Waals surface area contributed by atoms with E-state index in [2.05, 4.69) is 12.2 Å². The SMILES string of the molecule is CCCCOc1ccc(C(=O)NCC(=O)N2CCN(C(=O)c3ccc(F)cc3Cl)CC2)cc1. The molecule has 1 saturated heterocycles. The second kappa shape index (κ2) is 11.7. The molecule has 0 radical (unpaired) electrons. The van der Waals surface area contributed by atoms with Gasteiger partial charge in [-0.05, 0) is 48.9 Å². The molecule has 0 aromatic heterocycles. The van der Waals surface area contributed by atoms with E-state index < -0.39 is 5.82 Å². The lowest BCUT2D eigenvalue weighted by atomic mass is 10.1. The lowest BCUT2D eigenvalue weighted by Gasteiger charge is -2.35. The molecule has 2 aromatic carbocycles. The van der Waals surface area contributed by atoms with Crippen LogP contribution in [-0.4, -0.2) is 66.9 Å². The van der Waals surface area contributed by atoms with E-state index in [0.29, 0.717) is 44.1 Å². The zero-order valence-electron chi connectivity index (χ0n) is 18.5. The molecule has 33 heavy (non-hydrogen) atoms. The van der Waals surface area contributed by atoms with E-state index in [4.69, 9.17) is 16.3 Å². The Bertz CT molecular complexity index is 992. The van der Waals surface area contributed by atoms with Crippen LogP contribution < -0.4 is 10.1 Å². The summed E-state index contributed by atoms with van der Waals surface area (Å²) in [5.41, 5.74) is 0.670. The molecule has 9 heteroatoms. The number of piperazine rings is 1. The van der Waals surface area contributed by atoms with Crippen LogP contribution in [0.4, 0.5) is 4.39 Å². The molecular formula is C24H27ClFN3O4. The third-order valence-electron chi connectivity index (χ3n) is 5.36. The summed E-state index contributed by atoms with van der Waals surface area (Å²) in [6.07, 6.45) is 2.01. The van der Waals surface area contributed by atoms with Crippen LogP contribution in [0.15, 0.2) is 42.5 Å². The van der Waals surface area contributed by atoms with Crippen LogP contribution in [0.3, 0.4) is 0 Å². The summed E-state index contributed by atoms with van der Waals surface area (Å²) >= 11 is 5.98. The van der Waals surface area contributed by atoms with Crippen LogP contribution in [0.5, 0.6) is 5.75 Å². The molecule has 0 atom stereocenters. The smallest absolute Gasteiger partial charge is 0.255 e. The maximum Gasteiger partial charge on any atom is 0.255 e. The monoisotopic (exact) mass is 475 g/mol. The predicted octanol–water partition coefficient (Wildman–Crippen LogP) is 3.37. The topological polar surface area (TPSA) is 79.0 Å². The molecule has 1 aliphatic rings. The van der Waals surface area contributed by atoms with Crippen LogP contribution in [0, 0.1) is 5.82 Å². The lowest BCUT2D eigenvalue weighted by Crippen LogP contribution is -2.52. The Kier molecular flexibility index (Phi) is 8.65. The number of halogens is 2. The molecule has 0 spiro atoms. The summed E-state index contributed by atoms with van der Waals surface area (Å²) in [5, 5.41) is 2.69. The van der Waals surface area contributed by atoms with E-state index in [-0.39, 0.29) is 34.9 Å². The van der Waals surface area contributed by atoms with E-state index in [0.717, 1.165) is 18.9 Å². The van der Waals surface area contributed by atoms with E-state index in [1.165, 1.54) is 12.1 Å². The largest absolute Gasteiger partial charge is 0.494 e. The van der Waals surface area contributed by atoms with Gasteiger partial charge in [-0.15, -0.1) is 0 Å². The highest BCUT2D eigenvalue weighted by Gasteiger charge is 2.26. The minimum absolute atomic E-state index is 0.0572. The Labute approximate surface area is 197 Å². The number of carbonyl (C=O) groups is 3. The molecule has 2 aromatic rings. The first-order valence-electron chi connectivity index (χ1n) is 10.9. The van der Waals surface area contributed by atoms with Crippen LogP contribution in [0.25, 0.3) is 0 Å². The van der Waals surface area contributed by atoms with Crippen molar-refractivity contribution in [3.63, 3.8) is 0 Å². The Morgan fingerprint density at radius 2 is 1.70 bits per heavy atom. The fraction of sp³-hybridized carbons (Fsp3) is 0.375. The van der Waals surface area contributed by atoms with Crippen molar-refractivity contribution < 1.29 is 23.5 Å². The minimum Gasteiger partial charge on any atom is -0.494 e. The number of nitrogens with one attached hydrogen (secondary N) is 1. The fourth-order valence-corrected chi connectivity index (χ4v) is 3.65. The highest BCUT2D eigenvalue weighted by molar-refractivity contribution is 6.33. The second-order valence-electron chi connectivity index (χ2n) is 7.71. The maximum absolute atomic E-state index is 13.2. The lowest BCUT2D eigenvalue weighted by molar-refractivity contribution is -0.131. The summed E-state index contributed by atoms with van der Waals surface area (Å²) in [5.74, 6) is -0.684. The molecule has 1 heterocycles. The van der Waals surface area contributed by atoms with Gasteiger partial charge in [0.15, 0.2) is 0 Å². The number of rotatable bonds is 8. The molecule has 1 N–H and O–H groups in total. The summed E-state index contributed by atoms with van der Waals surface area (Å²) < 4.78 is 18.8. The fourth-order valence-electron chi connectivity index (χ4n) is 3.40. The predicted molar refractivity (Wildman–Crippen MR) is 123 cm³/mol. The Morgan fingerprint density at radius 3 is 2.33 bits per heavy atom. The van der Waals surface area contributed by atoms with Gasteiger partial charge < -0.3 is 19.9 Å². The van der Waals surface area contributed by atoms with Gasteiger partial charge in [-0.1, -0.05) is 24.9 Å². The Morgan fingerprint density at radius 1 is 1.03 bits per heavy atom. The molecule has 1 fully saturated rings. The van der Waals surface area contributed by atoms with Gasteiger partial charge in [-0.2, -0.15) is 0 Å². The zero-order chi connectivity index (χ0) is 23.8. The third kappa shape index (κ3) is 6.68. The number of hydrogen-bond acceptors (Lipinski definition) is 4. The number of hydrogen-bond donors (Lipinski definition) is 1. The first kappa shape index (κ1) is 24.5. The van der Waals surface area contributed by atoms with Crippen molar-refractivity contribution in [1.82, 2.24) is 15.1 Å². The average molecular weight is 476 g/mol. The number of ether oxygens (including phenoxy) is 1. The van der Waals surface area contributed by atoms with Crippen molar-refractivity contribution in [3.8, 4) is 5.75 Å². The van der Waals surface area contributed by atoms with Crippen molar-refractivity contribution >= 4 is 29.3 Å². The van der Waals surface area contributed by atoms with Crippen LogP contribution in [0.2, 0.25) is 5.02 Å². The van der Waals surface area contributed by atoms with Gasteiger partial charge in [0.1, 0.15) is 11.6 Å². The van der Waals surface area contributed by atoms with Crippen molar-refractivity contribution in [2.24, 2.45) is 0 Å². The van der Waals surface area contributed by atoms with Gasteiger partial charge in [-0.25, -0.2) is 4.39 Å². The van der Waals surface area contributed by atoms with E-state index in [9.17, 15) is 18.8 Å². The first-order chi connectivity index (χ1) is 15.9. The Balaban J connectivity index is 1.44. The quantitative estimate of drug-likeness (QED) is 0.594. The third-order valence-corrected chi connectivity index (χ3v) is 5.68. The van der Waals surface area contributed by atoms with E-state index >= 15 is 0 Å². The summed E-state index contributed by atoms with van der Waals surface area (Å²) in [6, 6.07) is 10.4. The van der Waals surface area contributed by atoms with Crippen molar-refractivity contribution in [2.45, 2.75) is 19.8 Å². The molecule has 0 bridgehead atoms. The van der Waals surface area contributed by atoms with Gasteiger partial charge in [0, 0.05) is 31.7 Å². The molecule has 3 amide bonds. The first-order valence-corrected chi connectivity index (χ1v) is 11.3. The van der Waals surface area contributed by atoms with Crippen molar-refractivity contribution in [2.75, 3.05) is 39.3 Å². The highest BCUT2D eigenvalue weighted by atomic mass is 35.5. The zero-order valence-corrected chi connectivity index (χ0v) is 19.2. The molecule has 176 valence electrons. The van der Waals surface area contributed by atoms with Gasteiger partial charge in [0.25, 0.3) is 11.8 Å². The van der Waals surface area contributed by atoms with Gasteiger partial charge >= 0.3 is 0 Å². The molecule has 1 aliphatic heterocycles. The van der Waals surface area contributed by atoms with Gasteiger partial charge in [0.05, 0.1) is 23.7 Å². The van der Waals surface area contributed by atoms with Gasteiger partial charge in [0.2, 0.25) is 5.91 Å². The summed E-state index contributed by atoms with van der Waals surface area (Å²) in [7, 11) is 0. The number of carbonyl (C=O) groups excluding carboxylic acids is 3. The molecule has 0 saturated carbocycles. The Hall–Kier alpha value is -3.13. The number of nitrogens with zero attached hydrogens (tertiary/aromatic N) is 2. The molecular weight excluding hydrogens is 449 g/mol. The number of amides is 3. The number of benzene rings is 2. The summed E-state index contributed by atoms with van der Waals surface area (Å²) in [4.78, 5) is 40.6.